The van der Waals surface area contributed by atoms with Crippen LogP contribution in [0.3, 0.4) is 0 Å². The van der Waals surface area contributed by atoms with Gasteiger partial charge in [-0.3, -0.25) is 9.59 Å². The van der Waals surface area contributed by atoms with Crippen molar-refractivity contribution in [3.8, 4) is 0 Å². The number of hydrogen-bond donors (Lipinski definition) is 3. The zero-order chi connectivity index (χ0) is 14.4. The molecule has 0 radical (unpaired) electrons. The van der Waals surface area contributed by atoms with Gasteiger partial charge in [-0.25, -0.2) is 4.98 Å². The third kappa shape index (κ3) is 5.23. The maximum Gasteiger partial charge on any atom is 0.243 e. The van der Waals surface area contributed by atoms with Gasteiger partial charge in [0.05, 0.1) is 12.6 Å². The third-order valence-corrected chi connectivity index (χ3v) is 2.66. The van der Waals surface area contributed by atoms with Gasteiger partial charge >= 0.3 is 0 Å². The number of carbonyl (C=O) groups is 2. The Morgan fingerprint density at radius 2 is 2.16 bits per heavy atom. The van der Waals surface area contributed by atoms with E-state index in [-0.39, 0.29) is 29.4 Å². The molecule has 1 aromatic heterocycles. The summed E-state index contributed by atoms with van der Waals surface area (Å²) in [4.78, 5) is 26.9. The largest absolute Gasteiger partial charge is 0.346 e. The van der Waals surface area contributed by atoms with Crippen LogP contribution < -0.4 is 16.4 Å². The van der Waals surface area contributed by atoms with Crippen molar-refractivity contribution in [3.05, 3.63) is 23.5 Å². The Morgan fingerprint density at radius 1 is 1.47 bits per heavy atom. The lowest BCUT2D eigenvalue weighted by Crippen LogP contribution is -2.46. The molecule has 0 saturated heterocycles. The lowest BCUT2D eigenvalue weighted by atomic mass is 10.1. The average Bonchev–Trinajstić information content (AvgIpc) is 2.34. The molecule has 1 atom stereocenters. The number of rotatable bonds is 5. The Balaban J connectivity index is 2.42. The molecule has 4 N–H and O–H groups in total. The second-order valence-electron chi connectivity index (χ2n) is 4.40. The Morgan fingerprint density at radius 3 is 2.74 bits per heavy atom. The maximum atomic E-state index is 11.6. The van der Waals surface area contributed by atoms with Crippen LogP contribution in [0.15, 0.2) is 18.3 Å². The molecule has 6 nitrogen and oxygen atoms in total. The summed E-state index contributed by atoms with van der Waals surface area (Å²) in [6, 6.07) is 2.50. The number of nitrogens with two attached hydrogens (primary N) is 1. The van der Waals surface area contributed by atoms with Crippen LogP contribution in [-0.4, -0.2) is 29.4 Å². The van der Waals surface area contributed by atoms with Crippen molar-refractivity contribution in [2.45, 2.75) is 19.9 Å². The first-order chi connectivity index (χ1) is 8.90. The van der Waals surface area contributed by atoms with Gasteiger partial charge in [-0.15, -0.1) is 0 Å². The molecule has 1 rings (SSSR count). The lowest BCUT2D eigenvalue weighted by Gasteiger charge is -2.15. The number of nitrogens with zero attached hydrogens (tertiary/aromatic N) is 1. The molecule has 0 aliphatic carbocycles. The van der Waals surface area contributed by atoms with E-state index in [1.165, 1.54) is 12.3 Å². The van der Waals surface area contributed by atoms with Crippen molar-refractivity contribution in [1.82, 2.24) is 10.3 Å². The van der Waals surface area contributed by atoms with E-state index in [2.05, 4.69) is 15.6 Å². The zero-order valence-electron chi connectivity index (χ0n) is 10.8. The average molecular weight is 285 g/mol. The van der Waals surface area contributed by atoms with Crippen LogP contribution >= 0.6 is 11.6 Å². The van der Waals surface area contributed by atoms with E-state index >= 15 is 0 Å². The summed E-state index contributed by atoms with van der Waals surface area (Å²) in [6.07, 6.45) is 1.48. The Bertz CT molecular complexity index is 465. The van der Waals surface area contributed by atoms with Crippen molar-refractivity contribution >= 4 is 29.1 Å². The normalized spacial score (nSPS) is 12.1. The number of hydrogen-bond acceptors (Lipinski definition) is 4. The van der Waals surface area contributed by atoms with Crippen LogP contribution in [0.1, 0.15) is 13.8 Å². The molecule has 0 aliphatic heterocycles. The van der Waals surface area contributed by atoms with Crippen molar-refractivity contribution in [2.75, 3.05) is 11.9 Å². The number of nitrogens with one attached hydrogen (secondary N) is 2. The quantitative estimate of drug-likeness (QED) is 0.696. The van der Waals surface area contributed by atoms with Gasteiger partial charge in [-0.1, -0.05) is 25.4 Å². The fourth-order valence-corrected chi connectivity index (χ4v) is 1.45. The molecule has 0 aromatic carbocycles. The van der Waals surface area contributed by atoms with Gasteiger partial charge in [-0.2, -0.15) is 0 Å². The van der Waals surface area contributed by atoms with Gasteiger partial charge in [0, 0.05) is 11.9 Å². The number of anilines is 1. The highest BCUT2D eigenvalue weighted by molar-refractivity contribution is 6.29. The molecule has 1 aromatic rings. The third-order valence-electron chi connectivity index (χ3n) is 2.45. The van der Waals surface area contributed by atoms with E-state index < -0.39 is 6.04 Å². The molecule has 0 unspecified atom stereocenters. The highest BCUT2D eigenvalue weighted by Crippen LogP contribution is 2.11. The van der Waals surface area contributed by atoms with Gasteiger partial charge in [0.15, 0.2) is 0 Å². The van der Waals surface area contributed by atoms with E-state index in [1.54, 1.807) is 6.07 Å². The molecular formula is C12H17ClN4O2. The fourth-order valence-electron chi connectivity index (χ4n) is 1.27. The molecule has 0 bridgehead atoms. The molecule has 104 valence electrons. The summed E-state index contributed by atoms with van der Waals surface area (Å²) in [5.41, 5.74) is 6.17. The van der Waals surface area contributed by atoms with Crippen LogP contribution in [0.25, 0.3) is 0 Å². The number of carbonyl (C=O) groups excluding carboxylic acids is 2. The summed E-state index contributed by atoms with van der Waals surface area (Å²) in [6.45, 7) is 3.53. The summed E-state index contributed by atoms with van der Waals surface area (Å²) >= 11 is 5.68. The lowest BCUT2D eigenvalue weighted by molar-refractivity contribution is -0.125. The fraction of sp³-hybridized carbons (Fsp3) is 0.417. The predicted octanol–water partition coefficient (Wildman–Crippen LogP) is 0.773. The zero-order valence-corrected chi connectivity index (χ0v) is 11.6. The second kappa shape index (κ2) is 7.06. The van der Waals surface area contributed by atoms with Crippen molar-refractivity contribution in [3.63, 3.8) is 0 Å². The monoisotopic (exact) mass is 284 g/mol. The van der Waals surface area contributed by atoms with Gasteiger partial charge < -0.3 is 16.4 Å². The van der Waals surface area contributed by atoms with Crippen molar-refractivity contribution in [2.24, 2.45) is 11.7 Å². The van der Waals surface area contributed by atoms with E-state index in [0.717, 1.165) is 0 Å². The molecule has 7 heteroatoms. The topological polar surface area (TPSA) is 97.1 Å². The highest BCUT2D eigenvalue weighted by atomic mass is 35.5. The van der Waals surface area contributed by atoms with E-state index in [9.17, 15) is 9.59 Å². The van der Waals surface area contributed by atoms with Crippen LogP contribution in [0.4, 0.5) is 5.69 Å². The van der Waals surface area contributed by atoms with Gasteiger partial charge in [0.2, 0.25) is 11.8 Å². The first-order valence-corrected chi connectivity index (χ1v) is 6.22. The standard InChI is InChI=1S/C12H17ClN4O2/c1-7(2)11(14)12(19)16-6-10(18)17-8-3-4-15-9(13)5-8/h3-5,7,11H,6,14H2,1-2H3,(H,16,19)(H,15,17,18)/t11-/m0/s1. The first kappa shape index (κ1) is 15.4. The summed E-state index contributed by atoms with van der Waals surface area (Å²) in [5.74, 6) is -0.688. The molecule has 19 heavy (non-hydrogen) atoms. The Hall–Kier alpha value is -1.66. The van der Waals surface area contributed by atoms with Crippen LogP contribution in [0.2, 0.25) is 5.15 Å². The molecule has 1 heterocycles. The van der Waals surface area contributed by atoms with Gasteiger partial charge in [0.1, 0.15) is 5.15 Å². The van der Waals surface area contributed by atoms with E-state index in [1.807, 2.05) is 13.8 Å². The van der Waals surface area contributed by atoms with E-state index in [4.69, 9.17) is 17.3 Å². The summed E-state index contributed by atoms with van der Waals surface area (Å²) in [5, 5.41) is 5.34. The van der Waals surface area contributed by atoms with Crippen molar-refractivity contribution in [1.29, 1.82) is 0 Å². The predicted molar refractivity (Wildman–Crippen MR) is 73.7 cm³/mol. The molecule has 2 amide bonds. The molecular weight excluding hydrogens is 268 g/mol. The molecule has 0 aliphatic rings. The minimum absolute atomic E-state index is 0.0158. The molecule has 0 fully saturated rings. The smallest absolute Gasteiger partial charge is 0.243 e. The second-order valence-corrected chi connectivity index (χ2v) is 4.79. The molecule has 0 saturated carbocycles. The SMILES string of the molecule is CC(C)[C@H](N)C(=O)NCC(=O)Nc1ccnc(Cl)c1. The van der Waals surface area contributed by atoms with Crippen LogP contribution in [0.5, 0.6) is 0 Å². The highest BCUT2D eigenvalue weighted by Gasteiger charge is 2.17. The summed E-state index contributed by atoms with van der Waals surface area (Å²) < 4.78 is 0. The minimum Gasteiger partial charge on any atom is -0.346 e. The van der Waals surface area contributed by atoms with E-state index in [0.29, 0.717) is 5.69 Å². The number of halogens is 1. The Labute approximate surface area is 116 Å². The van der Waals surface area contributed by atoms with Crippen LogP contribution in [-0.2, 0) is 9.59 Å². The summed E-state index contributed by atoms with van der Waals surface area (Å²) in [7, 11) is 0. The number of aromatic nitrogens is 1. The minimum atomic E-state index is -0.622. The molecule has 0 spiro atoms. The van der Waals surface area contributed by atoms with Gasteiger partial charge in [-0.05, 0) is 18.1 Å². The maximum absolute atomic E-state index is 11.6. The first-order valence-electron chi connectivity index (χ1n) is 5.85. The van der Waals surface area contributed by atoms with Gasteiger partial charge in [0.25, 0.3) is 0 Å². The number of pyridine rings is 1. The van der Waals surface area contributed by atoms with Crippen LogP contribution in [0, 0.1) is 5.92 Å². The number of amides is 2. The van der Waals surface area contributed by atoms with Crippen molar-refractivity contribution < 1.29 is 9.59 Å². The Kier molecular flexibility index (Phi) is 5.72.